The Morgan fingerprint density at radius 2 is 1.84 bits per heavy atom. The van der Waals surface area contributed by atoms with Crippen molar-refractivity contribution < 1.29 is 4.79 Å². The zero-order valence-corrected chi connectivity index (χ0v) is 18.1. The molecule has 0 radical (unpaired) electrons. The number of hydrogen-bond donors (Lipinski definition) is 1. The molecule has 6 nitrogen and oxygen atoms in total. The second-order valence-electron chi connectivity index (χ2n) is 8.56. The standard InChI is InChI=1S/C25H27N5O/c1-17-14-29(15-18(2)27-17)23-9-8-22-6-4-5-19(12-25(31)30(22)16-23)20-7-10-24-21(11-20)13-26-28(24)3/h4-13,16-18,27H,14-15H2,1-3H3/b5-4+,19-12+,22-6+/t17-,18+. The van der Waals surface area contributed by atoms with E-state index in [4.69, 9.17) is 0 Å². The van der Waals surface area contributed by atoms with E-state index in [2.05, 4.69) is 41.3 Å². The van der Waals surface area contributed by atoms with Gasteiger partial charge in [0.1, 0.15) is 0 Å². The molecule has 6 heteroatoms. The smallest absolute Gasteiger partial charge is 0.255 e. The molecule has 31 heavy (non-hydrogen) atoms. The number of rotatable bonds is 2. The third kappa shape index (κ3) is 3.75. The lowest BCUT2D eigenvalue weighted by Gasteiger charge is -2.39. The lowest BCUT2D eigenvalue weighted by molar-refractivity contribution is -0.122. The average molecular weight is 414 g/mol. The van der Waals surface area contributed by atoms with Crippen LogP contribution in [-0.4, -0.2) is 50.7 Å². The minimum atomic E-state index is -0.0463. The normalized spacial score (nSPS) is 28.2. The summed E-state index contributed by atoms with van der Waals surface area (Å²) in [6.07, 6.45) is 15.7. The number of aryl methyl sites for hydroxylation is 1. The SMILES string of the molecule is C[C@@H]1CN(C2=CN3C(=O)\C=C(c4ccc5c(cnn5C)c4)/C=C/C=C/3C=C2)C[C@H](C)N1. The fraction of sp³-hybridized carbons (Fsp3) is 0.280. The van der Waals surface area contributed by atoms with Crippen LogP contribution in [0.5, 0.6) is 0 Å². The van der Waals surface area contributed by atoms with Gasteiger partial charge in [-0.15, -0.1) is 0 Å². The van der Waals surface area contributed by atoms with Gasteiger partial charge >= 0.3 is 0 Å². The molecule has 0 spiro atoms. The monoisotopic (exact) mass is 413 g/mol. The van der Waals surface area contributed by atoms with Gasteiger partial charge < -0.3 is 10.2 Å². The summed E-state index contributed by atoms with van der Waals surface area (Å²) in [5, 5.41) is 8.94. The van der Waals surface area contributed by atoms with E-state index in [0.717, 1.165) is 46.5 Å². The van der Waals surface area contributed by atoms with Crippen LogP contribution in [0.25, 0.3) is 16.5 Å². The van der Waals surface area contributed by atoms with Crippen LogP contribution in [0.1, 0.15) is 19.4 Å². The molecular weight excluding hydrogens is 386 g/mol. The van der Waals surface area contributed by atoms with Crippen LogP contribution < -0.4 is 5.32 Å². The predicted octanol–water partition coefficient (Wildman–Crippen LogP) is 3.33. The maximum atomic E-state index is 13.3. The van der Waals surface area contributed by atoms with Crippen molar-refractivity contribution in [3.8, 4) is 0 Å². The van der Waals surface area contributed by atoms with Crippen molar-refractivity contribution in [3.63, 3.8) is 0 Å². The van der Waals surface area contributed by atoms with Gasteiger partial charge in [0, 0.05) is 55.6 Å². The van der Waals surface area contributed by atoms with Gasteiger partial charge in [-0.1, -0.05) is 18.2 Å². The summed E-state index contributed by atoms with van der Waals surface area (Å²) >= 11 is 0. The maximum absolute atomic E-state index is 13.3. The van der Waals surface area contributed by atoms with Gasteiger partial charge in [0.15, 0.2) is 0 Å². The molecule has 0 bridgehead atoms. The van der Waals surface area contributed by atoms with Crippen LogP contribution in [0.4, 0.5) is 0 Å². The zero-order chi connectivity index (χ0) is 21.5. The molecule has 1 aromatic heterocycles. The van der Waals surface area contributed by atoms with Crippen LogP contribution in [0.2, 0.25) is 0 Å². The number of nitrogens with zero attached hydrogens (tertiary/aromatic N) is 4. The molecule has 1 saturated heterocycles. The lowest BCUT2D eigenvalue weighted by atomic mass is 10.0. The lowest BCUT2D eigenvalue weighted by Crippen LogP contribution is -2.53. The molecule has 4 heterocycles. The first-order chi connectivity index (χ1) is 15.0. The molecule has 5 rings (SSSR count). The zero-order valence-electron chi connectivity index (χ0n) is 18.1. The van der Waals surface area contributed by atoms with E-state index in [1.165, 1.54) is 0 Å². The highest BCUT2D eigenvalue weighted by Crippen LogP contribution is 2.27. The summed E-state index contributed by atoms with van der Waals surface area (Å²) in [6, 6.07) is 7.00. The number of carbonyl (C=O) groups is 1. The Balaban J connectivity index is 1.47. The third-order valence-electron chi connectivity index (χ3n) is 6.03. The highest BCUT2D eigenvalue weighted by atomic mass is 16.2. The molecule has 1 fully saturated rings. The first kappa shape index (κ1) is 19.6. The minimum Gasteiger partial charge on any atom is -0.367 e. The van der Waals surface area contributed by atoms with Crippen molar-refractivity contribution in [1.82, 2.24) is 24.9 Å². The second kappa shape index (κ2) is 7.71. The molecule has 3 aliphatic heterocycles. The molecule has 0 saturated carbocycles. The van der Waals surface area contributed by atoms with Crippen molar-refractivity contribution in [2.45, 2.75) is 25.9 Å². The molecule has 1 N–H and O–H groups in total. The molecule has 158 valence electrons. The van der Waals surface area contributed by atoms with Gasteiger partial charge in [-0.25, -0.2) is 0 Å². The van der Waals surface area contributed by atoms with Crippen molar-refractivity contribution in [3.05, 3.63) is 84.0 Å². The highest BCUT2D eigenvalue weighted by molar-refractivity contribution is 6.00. The number of piperazine rings is 1. The van der Waals surface area contributed by atoms with Gasteiger partial charge in [-0.05, 0) is 55.3 Å². The number of carbonyl (C=O) groups excluding carboxylic acids is 1. The summed E-state index contributed by atoms with van der Waals surface area (Å²) in [5.41, 5.74) is 4.91. The third-order valence-corrected chi connectivity index (χ3v) is 6.03. The second-order valence-corrected chi connectivity index (χ2v) is 8.56. The largest absolute Gasteiger partial charge is 0.367 e. The average Bonchev–Trinajstić information content (AvgIpc) is 3.11. The van der Waals surface area contributed by atoms with E-state index in [9.17, 15) is 4.79 Å². The Kier molecular flexibility index (Phi) is 4.87. The van der Waals surface area contributed by atoms with E-state index < -0.39 is 0 Å². The van der Waals surface area contributed by atoms with Crippen molar-refractivity contribution in [2.24, 2.45) is 7.05 Å². The van der Waals surface area contributed by atoms with E-state index in [1.807, 2.05) is 60.6 Å². The number of benzene rings is 1. The number of allylic oxidation sites excluding steroid dienone is 6. The first-order valence-electron chi connectivity index (χ1n) is 10.7. The molecular formula is C25H27N5O. The Morgan fingerprint density at radius 1 is 1.06 bits per heavy atom. The molecule has 2 aromatic rings. The van der Waals surface area contributed by atoms with Gasteiger partial charge in [-0.3, -0.25) is 14.4 Å². The molecule has 3 aliphatic rings. The van der Waals surface area contributed by atoms with Gasteiger partial charge in [-0.2, -0.15) is 5.10 Å². The topological polar surface area (TPSA) is 53.4 Å². The number of aromatic nitrogens is 2. The van der Waals surface area contributed by atoms with E-state index in [-0.39, 0.29) is 5.91 Å². The van der Waals surface area contributed by atoms with E-state index in [0.29, 0.717) is 12.1 Å². The number of amides is 1. The highest BCUT2D eigenvalue weighted by Gasteiger charge is 2.25. The quantitative estimate of drug-likeness (QED) is 0.821. The fourth-order valence-corrected chi connectivity index (χ4v) is 4.58. The Labute approximate surface area is 182 Å². The van der Waals surface area contributed by atoms with Crippen molar-refractivity contribution in [1.29, 1.82) is 0 Å². The van der Waals surface area contributed by atoms with Crippen LogP contribution in [0.15, 0.2) is 78.4 Å². The molecule has 1 amide bonds. The number of nitrogens with one attached hydrogen (secondary N) is 1. The predicted molar refractivity (Wildman–Crippen MR) is 124 cm³/mol. The van der Waals surface area contributed by atoms with Crippen molar-refractivity contribution in [2.75, 3.05) is 13.1 Å². The van der Waals surface area contributed by atoms with Crippen LogP contribution in [0.3, 0.4) is 0 Å². The van der Waals surface area contributed by atoms with Crippen molar-refractivity contribution >= 4 is 22.4 Å². The number of hydrogen-bond acceptors (Lipinski definition) is 4. The van der Waals surface area contributed by atoms with Crippen LogP contribution >= 0.6 is 0 Å². The summed E-state index contributed by atoms with van der Waals surface area (Å²) in [4.78, 5) is 17.4. The Bertz CT molecular complexity index is 1190. The van der Waals surface area contributed by atoms with Crippen LogP contribution in [-0.2, 0) is 11.8 Å². The summed E-state index contributed by atoms with van der Waals surface area (Å²) in [5.74, 6) is -0.0463. The molecule has 1 aromatic carbocycles. The van der Waals surface area contributed by atoms with E-state index in [1.54, 1.807) is 11.0 Å². The summed E-state index contributed by atoms with van der Waals surface area (Å²) < 4.78 is 1.85. The Hall–Kier alpha value is -3.38. The van der Waals surface area contributed by atoms with Crippen LogP contribution in [0, 0.1) is 0 Å². The van der Waals surface area contributed by atoms with E-state index >= 15 is 0 Å². The van der Waals surface area contributed by atoms with Gasteiger partial charge in [0.25, 0.3) is 5.91 Å². The molecule has 2 atom stereocenters. The van der Waals surface area contributed by atoms with Gasteiger partial charge in [0.2, 0.25) is 0 Å². The minimum absolute atomic E-state index is 0.0463. The maximum Gasteiger partial charge on any atom is 0.255 e. The number of fused-ring (bicyclic) bond motifs is 2. The fourth-order valence-electron chi connectivity index (χ4n) is 4.58. The molecule has 0 aliphatic carbocycles. The van der Waals surface area contributed by atoms with Gasteiger partial charge in [0.05, 0.1) is 17.4 Å². The Morgan fingerprint density at radius 3 is 2.65 bits per heavy atom. The summed E-state index contributed by atoms with van der Waals surface area (Å²) in [7, 11) is 1.93. The molecule has 0 unspecified atom stereocenters. The first-order valence-corrected chi connectivity index (χ1v) is 10.7. The summed E-state index contributed by atoms with van der Waals surface area (Å²) in [6.45, 7) is 6.24.